The minimum atomic E-state index is 0.164. The van der Waals surface area contributed by atoms with Crippen molar-refractivity contribution in [3.63, 3.8) is 0 Å². The summed E-state index contributed by atoms with van der Waals surface area (Å²) in [6.07, 6.45) is 1.06. The van der Waals surface area contributed by atoms with Crippen LogP contribution < -0.4 is 11.3 Å². The van der Waals surface area contributed by atoms with Crippen LogP contribution in [0.1, 0.15) is 23.6 Å². The summed E-state index contributed by atoms with van der Waals surface area (Å²) in [6.45, 7) is 3.72. The number of halogens is 1. The van der Waals surface area contributed by atoms with Gasteiger partial charge in [0.2, 0.25) is 0 Å². The molecule has 0 aliphatic carbocycles. The molecule has 1 aromatic rings. The number of hydrazine groups is 1. The highest BCUT2D eigenvalue weighted by atomic mass is 79.9. The average Bonchev–Trinajstić information content (AvgIpc) is 2.78. The number of ether oxygens (including phenoxy) is 1. The van der Waals surface area contributed by atoms with Gasteiger partial charge >= 0.3 is 0 Å². The number of aryl methyl sites for hydroxylation is 1. The van der Waals surface area contributed by atoms with Crippen molar-refractivity contribution in [2.75, 3.05) is 13.2 Å². The summed E-state index contributed by atoms with van der Waals surface area (Å²) < 4.78 is 6.53. The van der Waals surface area contributed by atoms with E-state index in [0.717, 1.165) is 24.1 Å². The third kappa shape index (κ3) is 2.46. The van der Waals surface area contributed by atoms with Crippen molar-refractivity contribution in [3.05, 3.63) is 33.8 Å². The topological polar surface area (TPSA) is 47.3 Å². The van der Waals surface area contributed by atoms with Crippen LogP contribution in [0.15, 0.2) is 22.7 Å². The van der Waals surface area contributed by atoms with Gasteiger partial charge in [-0.1, -0.05) is 33.6 Å². The Kier molecular flexibility index (Phi) is 3.97. The zero-order chi connectivity index (χ0) is 11.5. The van der Waals surface area contributed by atoms with Crippen LogP contribution in [-0.2, 0) is 4.74 Å². The van der Waals surface area contributed by atoms with Crippen molar-refractivity contribution in [2.24, 2.45) is 11.8 Å². The SMILES string of the molecule is Cc1ccc(Br)c(C(NN)C2CCOC2)c1. The van der Waals surface area contributed by atoms with Gasteiger partial charge in [0.05, 0.1) is 12.6 Å². The summed E-state index contributed by atoms with van der Waals surface area (Å²) in [5.41, 5.74) is 5.39. The van der Waals surface area contributed by atoms with Gasteiger partial charge in [-0.2, -0.15) is 0 Å². The van der Waals surface area contributed by atoms with Crippen molar-refractivity contribution in [3.8, 4) is 0 Å². The van der Waals surface area contributed by atoms with Crippen molar-refractivity contribution in [1.29, 1.82) is 0 Å². The Labute approximate surface area is 104 Å². The highest BCUT2D eigenvalue weighted by Gasteiger charge is 2.27. The fourth-order valence-electron chi connectivity index (χ4n) is 2.20. The molecule has 1 saturated heterocycles. The van der Waals surface area contributed by atoms with Crippen LogP contribution in [0.4, 0.5) is 0 Å². The molecule has 0 aromatic heterocycles. The quantitative estimate of drug-likeness (QED) is 0.661. The lowest BCUT2D eigenvalue weighted by molar-refractivity contribution is 0.176. The van der Waals surface area contributed by atoms with Gasteiger partial charge in [0.15, 0.2) is 0 Å². The Morgan fingerprint density at radius 2 is 2.38 bits per heavy atom. The van der Waals surface area contributed by atoms with Gasteiger partial charge in [-0.3, -0.25) is 11.3 Å². The lowest BCUT2D eigenvalue weighted by atomic mass is 9.92. The lowest BCUT2D eigenvalue weighted by Gasteiger charge is -2.23. The molecule has 0 saturated carbocycles. The van der Waals surface area contributed by atoms with Crippen LogP contribution in [-0.4, -0.2) is 13.2 Å². The third-order valence-electron chi connectivity index (χ3n) is 3.10. The van der Waals surface area contributed by atoms with Gasteiger partial charge in [0.1, 0.15) is 0 Å². The molecular weight excluding hydrogens is 268 g/mol. The highest BCUT2D eigenvalue weighted by molar-refractivity contribution is 9.10. The standard InChI is InChI=1S/C12H17BrN2O/c1-8-2-3-11(13)10(6-8)12(15-14)9-4-5-16-7-9/h2-3,6,9,12,15H,4-5,7,14H2,1H3. The van der Waals surface area contributed by atoms with Crippen LogP contribution >= 0.6 is 15.9 Å². The van der Waals surface area contributed by atoms with E-state index in [0.29, 0.717) is 5.92 Å². The maximum Gasteiger partial charge on any atom is 0.0522 e. The first kappa shape index (κ1) is 12.0. The van der Waals surface area contributed by atoms with Crippen molar-refractivity contribution in [2.45, 2.75) is 19.4 Å². The lowest BCUT2D eigenvalue weighted by Crippen LogP contribution is -2.34. The molecule has 2 atom stereocenters. The molecule has 1 aliphatic rings. The normalized spacial score (nSPS) is 22.3. The smallest absolute Gasteiger partial charge is 0.0522 e. The summed E-state index contributed by atoms with van der Waals surface area (Å²) in [5, 5.41) is 0. The molecule has 1 heterocycles. The van der Waals surface area contributed by atoms with E-state index in [1.165, 1.54) is 11.1 Å². The largest absolute Gasteiger partial charge is 0.381 e. The Morgan fingerprint density at radius 1 is 1.56 bits per heavy atom. The molecule has 0 spiro atoms. The van der Waals surface area contributed by atoms with Gasteiger partial charge < -0.3 is 4.74 Å². The van der Waals surface area contributed by atoms with Gasteiger partial charge in [-0.15, -0.1) is 0 Å². The van der Waals surface area contributed by atoms with Crippen LogP contribution in [0.5, 0.6) is 0 Å². The van der Waals surface area contributed by atoms with Gasteiger partial charge in [-0.05, 0) is 25.0 Å². The average molecular weight is 285 g/mol. The Hall–Kier alpha value is -0.420. The molecule has 2 rings (SSSR count). The first-order chi connectivity index (χ1) is 7.72. The van der Waals surface area contributed by atoms with Crippen molar-refractivity contribution in [1.82, 2.24) is 5.43 Å². The molecule has 4 heteroatoms. The van der Waals surface area contributed by atoms with Crippen molar-refractivity contribution < 1.29 is 4.74 Å². The molecule has 0 bridgehead atoms. The predicted molar refractivity (Wildman–Crippen MR) is 67.9 cm³/mol. The van der Waals surface area contributed by atoms with E-state index in [1.54, 1.807) is 0 Å². The monoisotopic (exact) mass is 284 g/mol. The summed E-state index contributed by atoms with van der Waals surface area (Å²) in [6, 6.07) is 6.50. The predicted octanol–water partition coefficient (Wildman–Crippen LogP) is 2.30. The molecule has 0 radical (unpaired) electrons. The van der Waals surface area contributed by atoms with E-state index in [9.17, 15) is 0 Å². The molecule has 3 nitrogen and oxygen atoms in total. The molecule has 16 heavy (non-hydrogen) atoms. The fourth-order valence-corrected chi connectivity index (χ4v) is 2.69. The molecule has 1 aliphatic heterocycles. The second-order valence-electron chi connectivity index (χ2n) is 4.29. The molecular formula is C12H17BrN2O. The van der Waals surface area contributed by atoms with Gasteiger partial charge in [0.25, 0.3) is 0 Å². The first-order valence-electron chi connectivity index (χ1n) is 5.52. The number of rotatable bonds is 3. The summed E-state index contributed by atoms with van der Waals surface area (Å²) in [4.78, 5) is 0. The minimum absolute atomic E-state index is 0.164. The summed E-state index contributed by atoms with van der Waals surface area (Å²) in [5.74, 6) is 6.14. The van der Waals surface area contributed by atoms with E-state index in [2.05, 4.69) is 46.5 Å². The second kappa shape index (κ2) is 5.27. The highest BCUT2D eigenvalue weighted by Crippen LogP contribution is 2.32. The third-order valence-corrected chi connectivity index (χ3v) is 3.82. The van der Waals surface area contributed by atoms with Gasteiger partial charge in [-0.25, -0.2) is 0 Å². The zero-order valence-electron chi connectivity index (χ0n) is 9.37. The van der Waals surface area contributed by atoms with Crippen LogP contribution in [0.25, 0.3) is 0 Å². The van der Waals surface area contributed by atoms with Crippen LogP contribution in [0.3, 0.4) is 0 Å². The van der Waals surface area contributed by atoms with E-state index < -0.39 is 0 Å². The minimum Gasteiger partial charge on any atom is -0.381 e. The second-order valence-corrected chi connectivity index (χ2v) is 5.15. The van der Waals surface area contributed by atoms with Crippen LogP contribution in [0, 0.1) is 12.8 Å². The molecule has 1 aromatic carbocycles. The number of hydrogen-bond donors (Lipinski definition) is 2. The molecule has 2 unspecified atom stereocenters. The fraction of sp³-hybridized carbons (Fsp3) is 0.500. The number of nitrogens with one attached hydrogen (secondary N) is 1. The Morgan fingerprint density at radius 3 is 3.00 bits per heavy atom. The van der Waals surface area contributed by atoms with E-state index in [-0.39, 0.29) is 6.04 Å². The van der Waals surface area contributed by atoms with E-state index in [4.69, 9.17) is 10.6 Å². The first-order valence-corrected chi connectivity index (χ1v) is 6.31. The number of benzene rings is 1. The maximum atomic E-state index is 5.68. The van der Waals surface area contributed by atoms with Crippen LogP contribution in [0.2, 0.25) is 0 Å². The number of nitrogens with two attached hydrogens (primary N) is 1. The molecule has 3 N–H and O–H groups in total. The van der Waals surface area contributed by atoms with E-state index >= 15 is 0 Å². The maximum absolute atomic E-state index is 5.68. The summed E-state index contributed by atoms with van der Waals surface area (Å²) in [7, 11) is 0. The summed E-state index contributed by atoms with van der Waals surface area (Å²) >= 11 is 3.58. The molecule has 0 amide bonds. The van der Waals surface area contributed by atoms with Gasteiger partial charge in [0, 0.05) is 17.0 Å². The van der Waals surface area contributed by atoms with Crippen molar-refractivity contribution >= 4 is 15.9 Å². The Bertz CT molecular complexity index is 364. The molecule has 88 valence electrons. The number of hydrogen-bond acceptors (Lipinski definition) is 3. The molecule has 1 fully saturated rings. The zero-order valence-corrected chi connectivity index (χ0v) is 11.0. The van der Waals surface area contributed by atoms with E-state index in [1.807, 2.05) is 0 Å². The Balaban J connectivity index is 2.28.